The highest BCUT2D eigenvalue weighted by Crippen LogP contribution is 2.28. The molecule has 1 aromatic rings. The minimum absolute atomic E-state index is 0.0476. The molecule has 0 aliphatic heterocycles. The third-order valence-corrected chi connectivity index (χ3v) is 1.64. The summed E-state index contributed by atoms with van der Waals surface area (Å²) >= 11 is 0. The quantitative estimate of drug-likeness (QED) is 0.304. The van der Waals surface area contributed by atoms with Gasteiger partial charge in [0.25, 0.3) is 5.91 Å². The zero-order valence-electron chi connectivity index (χ0n) is 7.76. The number of carbonyl (C=O) groups excluding carboxylic acids is 1. The molecule has 0 aliphatic rings. The normalized spacial score (nSPS) is 9.47. The van der Waals surface area contributed by atoms with E-state index in [1.807, 2.05) is 0 Å². The van der Waals surface area contributed by atoms with E-state index >= 15 is 0 Å². The number of hydrogen-bond donors (Lipinski definition) is 2. The maximum Gasteiger partial charge on any atom is 0.342 e. The molecule has 0 saturated heterocycles. The Morgan fingerprint density at radius 1 is 1.73 bits per heavy atom. The van der Waals surface area contributed by atoms with Crippen molar-refractivity contribution in [1.29, 1.82) is 0 Å². The molecule has 15 heavy (non-hydrogen) atoms. The lowest BCUT2D eigenvalue weighted by Crippen LogP contribution is -2.31. The summed E-state index contributed by atoms with van der Waals surface area (Å²) in [5.41, 5.74) is 0.868. The second-order valence-electron chi connectivity index (χ2n) is 2.44. The van der Waals surface area contributed by atoms with Gasteiger partial charge in [0.05, 0.1) is 12.0 Å². The van der Waals surface area contributed by atoms with Crippen LogP contribution in [0.5, 0.6) is 5.75 Å². The van der Waals surface area contributed by atoms with Crippen LogP contribution in [-0.4, -0.2) is 22.9 Å². The highest BCUT2D eigenvalue weighted by molar-refractivity contribution is 5.96. The number of rotatable bonds is 3. The predicted molar refractivity (Wildman–Crippen MR) is 49.1 cm³/mol. The molecule has 0 saturated carbocycles. The fourth-order valence-electron chi connectivity index (χ4n) is 1.01. The molecule has 80 valence electrons. The minimum atomic E-state index is -0.847. The van der Waals surface area contributed by atoms with E-state index in [-0.39, 0.29) is 11.4 Å². The number of nitrogens with one attached hydrogen (secondary N) is 1. The lowest BCUT2D eigenvalue weighted by atomic mass is 10.2. The molecule has 0 aliphatic carbocycles. The van der Waals surface area contributed by atoms with E-state index in [4.69, 9.17) is 10.6 Å². The number of aromatic nitrogens is 1. The average molecular weight is 212 g/mol. The van der Waals surface area contributed by atoms with Crippen LogP contribution >= 0.6 is 0 Å². The molecular formula is C7H8N4O4. The minimum Gasteiger partial charge on any atom is -0.490 e. The standard InChI is InChI=1S/C7H8N4O4/c1-15-4-2-3-9-5(7(12)10-8)6(4)11(13)14/h2-3H,8H2,1H3,(H,10,12). The van der Waals surface area contributed by atoms with Crippen molar-refractivity contribution in [1.82, 2.24) is 10.4 Å². The summed E-state index contributed by atoms with van der Waals surface area (Å²) in [6.45, 7) is 0. The first kappa shape index (κ1) is 10.9. The summed E-state index contributed by atoms with van der Waals surface area (Å²) in [6.07, 6.45) is 1.22. The van der Waals surface area contributed by atoms with Crippen LogP contribution in [0, 0.1) is 10.1 Å². The number of pyridine rings is 1. The molecule has 8 heteroatoms. The number of ether oxygens (including phenoxy) is 1. The van der Waals surface area contributed by atoms with Crippen LogP contribution in [0.4, 0.5) is 5.69 Å². The van der Waals surface area contributed by atoms with Gasteiger partial charge < -0.3 is 4.74 Å². The van der Waals surface area contributed by atoms with Crippen LogP contribution in [0.3, 0.4) is 0 Å². The van der Waals surface area contributed by atoms with Crippen molar-refractivity contribution in [3.05, 3.63) is 28.1 Å². The van der Waals surface area contributed by atoms with E-state index in [1.165, 1.54) is 19.4 Å². The Labute approximate surface area is 84.2 Å². The van der Waals surface area contributed by atoms with E-state index in [2.05, 4.69) is 4.98 Å². The second-order valence-corrected chi connectivity index (χ2v) is 2.44. The van der Waals surface area contributed by atoms with Gasteiger partial charge in [-0.05, 0) is 0 Å². The molecule has 0 fully saturated rings. The van der Waals surface area contributed by atoms with Crippen LogP contribution in [0.1, 0.15) is 10.5 Å². The number of hydrogen-bond acceptors (Lipinski definition) is 6. The number of nitro groups is 1. The number of hydrazine groups is 1. The molecule has 1 amide bonds. The van der Waals surface area contributed by atoms with Crippen molar-refractivity contribution < 1.29 is 14.5 Å². The maximum absolute atomic E-state index is 11.1. The summed E-state index contributed by atoms with van der Waals surface area (Å²) in [5.74, 6) is 3.97. The second kappa shape index (κ2) is 4.33. The number of amides is 1. The highest BCUT2D eigenvalue weighted by atomic mass is 16.6. The van der Waals surface area contributed by atoms with Crippen molar-refractivity contribution in [3.63, 3.8) is 0 Å². The molecule has 1 aromatic heterocycles. The van der Waals surface area contributed by atoms with Gasteiger partial charge in [0.1, 0.15) is 0 Å². The van der Waals surface area contributed by atoms with E-state index in [9.17, 15) is 14.9 Å². The zero-order chi connectivity index (χ0) is 11.4. The lowest BCUT2D eigenvalue weighted by Gasteiger charge is -2.04. The van der Waals surface area contributed by atoms with Crippen molar-refractivity contribution in [3.8, 4) is 5.75 Å². The van der Waals surface area contributed by atoms with Gasteiger partial charge in [-0.25, -0.2) is 10.8 Å². The first-order valence-corrected chi connectivity index (χ1v) is 3.80. The molecule has 0 unspecified atom stereocenters. The Kier molecular flexibility index (Phi) is 3.13. The summed E-state index contributed by atoms with van der Waals surface area (Å²) in [4.78, 5) is 24.6. The zero-order valence-corrected chi connectivity index (χ0v) is 7.76. The Hall–Kier alpha value is -2.22. The Morgan fingerprint density at radius 3 is 2.87 bits per heavy atom. The van der Waals surface area contributed by atoms with Crippen molar-refractivity contribution in [2.75, 3.05) is 7.11 Å². The largest absolute Gasteiger partial charge is 0.490 e. The Balaban J connectivity index is 3.38. The molecule has 0 atom stereocenters. The molecule has 0 bridgehead atoms. The van der Waals surface area contributed by atoms with Gasteiger partial charge in [-0.3, -0.25) is 20.3 Å². The molecule has 0 spiro atoms. The van der Waals surface area contributed by atoms with Gasteiger partial charge in [-0.1, -0.05) is 0 Å². The van der Waals surface area contributed by atoms with Crippen LogP contribution in [0.15, 0.2) is 12.3 Å². The van der Waals surface area contributed by atoms with E-state index in [1.54, 1.807) is 5.43 Å². The van der Waals surface area contributed by atoms with Crippen LogP contribution < -0.4 is 16.0 Å². The SMILES string of the molecule is COc1ccnc(C(=O)NN)c1[N+](=O)[O-]. The van der Waals surface area contributed by atoms with Gasteiger partial charge in [0, 0.05) is 12.3 Å². The molecule has 1 heterocycles. The highest BCUT2D eigenvalue weighted by Gasteiger charge is 2.26. The lowest BCUT2D eigenvalue weighted by molar-refractivity contribution is -0.386. The molecule has 1 rings (SSSR count). The number of methoxy groups -OCH3 is 1. The molecule has 8 nitrogen and oxygen atoms in total. The van der Waals surface area contributed by atoms with E-state index in [0.29, 0.717) is 0 Å². The third kappa shape index (κ3) is 1.99. The van der Waals surface area contributed by atoms with Gasteiger partial charge in [0.15, 0.2) is 0 Å². The van der Waals surface area contributed by atoms with Crippen molar-refractivity contribution >= 4 is 11.6 Å². The molecular weight excluding hydrogens is 204 g/mol. The van der Waals surface area contributed by atoms with Gasteiger partial charge in [0.2, 0.25) is 11.4 Å². The molecule has 3 N–H and O–H groups in total. The van der Waals surface area contributed by atoms with E-state index in [0.717, 1.165) is 0 Å². The van der Waals surface area contributed by atoms with Gasteiger partial charge in [-0.15, -0.1) is 0 Å². The first-order valence-electron chi connectivity index (χ1n) is 3.80. The summed E-state index contributed by atoms with van der Waals surface area (Å²) in [5, 5.41) is 10.7. The van der Waals surface area contributed by atoms with Crippen LogP contribution in [0.2, 0.25) is 0 Å². The summed E-state index contributed by atoms with van der Waals surface area (Å²) in [7, 11) is 1.26. The number of nitrogens with two attached hydrogens (primary N) is 1. The fourth-order valence-corrected chi connectivity index (χ4v) is 1.01. The van der Waals surface area contributed by atoms with Crippen LogP contribution in [-0.2, 0) is 0 Å². The first-order chi connectivity index (χ1) is 7.11. The summed E-state index contributed by atoms with van der Waals surface area (Å²) in [6, 6.07) is 1.28. The van der Waals surface area contributed by atoms with Crippen molar-refractivity contribution in [2.45, 2.75) is 0 Å². The van der Waals surface area contributed by atoms with Crippen LogP contribution in [0.25, 0.3) is 0 Å². The van der Waals surface area contributed by atoms with Crippen molar-refractivity contribution in [2.24, 2.45) is 5.84 Å². The number of carbonyl (C=O) groups is 1. The third-order valence-electron chi connectivity index (χ3n) is 1.64. The average Bonchev–Trinajstić information content (AvgIpc) is 2.26. The fraction of sp³-hybridized carbons (Fsp3) is 0.143. The van der Waals surface area contributed by atoms with Gasteiger partial charge >= 0.3 is 5.69 Å². The Bertz CT molecular complexity index is 406. The topological polar surface area (TPSA) is 120 Å². The maximum atomic E-state index is 11.1. The monoisotopic (exact) mass is 212 g/mol. The number of nitrogen functional groups attached to an aromatic ring is 1. The number of nitrogens with zero attached hydrogens (tertiary/aromatic N) is 2. The summed E-state index contributed by atoms with van der Waals surface area (Å²) < 4.78 is 4.74. The van der Waals surface area contributed by atoms with E-state index < -0.39 is 16.5 Å². The molecule has 0 radical (unpaired) electrons. The van der Waals surface area contributed by atoms with Gasteiger partial charge in [-0.2, -0.15) is 0 Å². The smallest absolute Gasteiger partial charge is 0.342 e. The predicted octanol–water partition coefficient (Wildman–Crippen LogP) is -0.398. The Morgan fingerprint density at radius 2 is 2.40 bits per heavy atom. The molecule has 0 aromatic carbocycles.